The maximum Gasteiger partial charge on any atom is 0.263 e. The standard InChI is InChI=1S/C21H21N3O3S/c1-24(2)19-14-13-16(21(25)22-17-9-5-3-6-10-17)15-20(19)28(26,27)23-18-11-7-4-8-12-18/h3-15,23H,1-2H3,(H,22,25). The fourth-order valence-electron chi connectivity index (χ4n) is 2.68. The zero-order chi connectivity index (χ0) is 20.1. The van der Waals surface area contributed by atoms with E-state index >= 15 is 0 Å². The number of anilines is 3. The van der Waals surface area contributed by atoms with Crippen LogP contribution >= 0.6 is 0 Å². The van der Waals surface area contributed by atoms with E-state index in [0.717, 1.165) is 0 Å². The first-order chi connectivity index (χ1) is 13.4. The Labute approximate surface area is 164 Å². The van der Waals surface area contributed by atoms with Crippen molar-refractivity contribution in [2.45, 2.75) is 4.90 Å². The summed E-state index contributed by atoms with van der Waals surface area (Å²) in [4.78, 5) is 14.3. The molecule has 0 aliphatic rings. The van der Waals surface area contributed by atoms with Crippen LogP contribution in [0.15, 0.2) is 83.8 Å². The van der Waals surface area contributed by atoms with Crippen LogP contribution < -0.4 is 14.9 Å². The van der Waals surface area contributed by atoms with Gasteiger partial charge in [-0.25, -0.2) is 8.42 Å². The summed E-state index contributed by atoms with van der Waals surface area (Å²) in [5.74, 6) is -0.382. The summed E-state index contributed by atoms with van der Waals surface area (Å²) in [7, 11) is -0.388. The average Bonchev–Trinajstić information content (AvgIpc) is 2.68. The van der Waals surface area contributed by atoms with E-state index in [1.54, 1.807) is 73.6 Å². The molecule has 0 saturated carbocycles. The molecule has 3 aromatic rings. The lowest BCUT2D eigenvalue weighted by Crippen LogP contribution is -2.20. The number of para-hydroxylation sites is 2. The summed E-state index contributed by atoms with van der Waals surface area (Å²) in [6.45, 7) is 0. The SMILES string of the molecule is CN(C)c1ccc(C(=O)Nc2ccccc2)cc1S(=O)(=O)Nc1ccccc1. The number of nitrogens with zero attached hydrogens (tertiary/aromatic N) is 1. The van der Waals surface area contributed by atoms with Crippen molar-refractivity contribution in [1.82, 2.24) is 0 Å². The van der Waals surface area contributed by atoms with Crippen LogP contribution in [0.2, 0.25) is 0 Å². The molecule has 1 amide bonds. The Morgan fingerprint density at radius 2 is 1.39 bits per heavy atom. The molecule has 3 aromatic carbocycles. The Bertz CT molecular complexity index is 1070. The normalized spacial score (nSPS) is 10.9. The van der Waals surface area contributed by atoms with Crippen LogP contribution in [0, 0.1) is 0 Å². The number of hydrogen-bond donors (Lipinski definition) is 2. The van der Waals surface area contributed by atoms with Gasteiger partial charge in [0.05, 0.1) is 5.69 Å². The van der Waals surface area contributed by atoms with Crippen LogP contribution in [0.4, 0.5) is 17.1 Å². The van der Waals surface area contributed by atoms with Gasteiger partial charge in [0.1, 0.15) is 4.90 Å². The second-order valence-corrected chi connectivity index (χ2v) is 8.02. The quantitative estimate of drug-likeness (QED) is 0.665. The van der Waals surface area contributed by atoms with Crippen molar-refractivity contribution in [2.24, 2.45) is 0 Å². The smallest absolute Gasteiger partial charge is 0.263 e. The molecule has 28 heavy (non-hydrogen) atoms. The zero-order valence-corrected chi connectivity index (χ0v) is 16.4. The van der Waals surface area contributed by atoms with Crippen molar-refractivity contribution in [3.05, 3.63) is 84.4 Å². The largest absolute Gasteiger partial charge is 0.377 e. The summed E-state index contributed by atoms with van der Waals surface area (Å²) in [5, 5.41) is 2.77. The third-order valence-corrected chi connectivity index (χ3v) is 5.46. The van der Waals surface area contributed by atoms with Crippen LogP contribution in [0.5, 0.6) is 0 Å². The molecule has 6 nitrogen and oxygen atoms in total. The monoisotopic (exact) mass is 395 g/mol. The molecule has 7 heteroatoms. The Morgan fingerprint density at radius 1 is 0.821 bits per heavy atom. The van der Waals surface area contributed by atoms with Crippen molar-refractivity contribution in [2.75, 3.05) is 29.0 Å². The first-order valence-corrected chi connectivity index (χ1v) is 10.1. The van der Waals surface area contributed by atoms with Crippen LogP contribution in [0.1, 0.15) is 10.4 Å². The third-order valence-electron chi connectivity index (χ3n) is 4.05. The Hall–Kier alpha value is -3.32. The molecular formula is C21H21N3O3S. The number of carbonyl (C=O) groups is 1. The molecule has 144 valence electrons. The van der Waals surface area contributed by atoms with Gasteiger partial charge in [-0.1, -0.05) is 36.4 Å². The zero-order valence-electron chi connectivity index (χ0n) is 15.6. The predicted molar refractivity (Wildman–Crippen MR) is 112 cm³/mol. The lowest BCUT2D eigenvalue weighted by atomic mass is 10.1. The van der Waals surface area contributed by atoms with Crippen molar-refractivity contribution in [3.8, 4) is 0 Å². The van der Waals surface area contributed by atoms with E-state index < -0.39 is 10.0 Å². The minimum atomic E-state index is -3.89. The molecule has 0 heterocycles. The van der Waals surface area contributed by atoms with Gasteiger partial charge in [-0.2, -0.15) is 0 Å². The maximum atomic E-state index is 13.0. The highest BCUT2D eigenvalue weighted by molar-refractivity contribution is 7.92. The summed E-state index contributed by atoms with van der Waals surface area (Å²) >= 11 is 0. The molecule has 0 spiro atoms. The topological polar surface area (TPSA) is 78.5 Å². The van der Waals surface area contributed by atoms with Gasteiger partial charge in [-0.15, -0.1) is 0 Å². The van der Waals surface area contributed by atoms with Gasteiger partial charge in [0, 0.05) is 31.0 Å². The molecule has 0 bridgehead atoms. The highest BCUT2D eigenvalue weighted by atomic mass is 32.2. The van der Waals surface area contributed by atoms with E-state index in [0.29, 0.717) is 17.1 Å². The first kappa shape index (κ1) is 19.4. The number of carbonyl (C=O) groups excluding carboxylic acids is 1. The first-order valence-electron chi connectivity index (χ1n) is 8.62. The Balaban J connectivity index is 1.97. The highest BCUT2D eigenvalue weighted by Gasteiger charge is 2.22. The number of sulfonamides is 1. The van der Waals surface area contributed by atoms with E-state index in [4.69, 9.17) is 0 Å². The molecular weight excluding hydrogens is 374 g/mol. The van der Waals surface area contributed by atoms with Crippen LogP contribution in [0.25, 0.3) is 0 Å². The lowest BCUT2D eigenvalue weighted by Gasteiger charge is -2.19. The van der Waals surface area contributed by atoms with E-state index in [1.807, 2.05) is 18.2 Å². The van der Waals surface area contributed by atoms with Gasteiger partial charge in [0.2, 0.25) is 0 Å². The second-order valence-electron chi connectivity index (χ2n) is 6.37. The minimum Gasteiger partial charge on any atom is -0.377 e. The van der Waals surface area contributed by atoms with Gasteiger partial charge >= 0.3 is 0 Å². The number of nitrogens with one attached hydrogen (secondary N) is 2. The van der Waals surface area contributed by atoms with E-state index in [2.05, 4.69) is 10.0 Å². The fraction of sp³-hybridized carbons (Fsp3) is 0.0952. The van der Waals surface area contributed by atoms with E-state index in [1.165, 1.54) is 6.07 Å². The van der Waals surface area contributed by atoms with Crippen LogP contribution in [0.3, 0.4) is 0 Å². The molecule has 0 aromatic heterocycles. The molecule has 3 rings (SSSR count). The van der Waals surface area contributed by atoms with Gasteiger partial charge in [-0.05, 0) is 42.5 Å². The number of hydrogen-bond acceptors (Lipinski definition) is 4. The van der Waals surface area contributed by atoms with Gasteiger partial charge in [0.15, 0.2) is 0 Å². The van der Waals surface area contributed by atoms with Crippen molar-refractivity contribution in [3.63, 3.8) is 0 Å². The second kappa shape index (κ2) is 8.14. The maximum absolute atomic E-state index is 13.0. The van der Waals surface area contributed by atoms with Gasteiger partial charge in [0.25, 0.3) is 15.9 Å². The van der Waals surface area contributed by atoms with Gasteiger partial charge < -0.3 is 10.2 Å². The number of amides is 1. The Kier molecular flexibility index (Phi) is 5.65. The van der Waals surface area contributed by atoms with E-state index in [9.17, 15) is 13.2 Å². The molecule has 0 radical (unpaired) electrons. The molecule has 2 N–H and O–H groups in total. The minimum absolute atomic E-state index is 0.0297. The fourth-order valence-corrected chi connectivity index (χ4v) is 4.05. The van der Waals surface area contributed by atoms with Crippen LogP contribution in [-0.2, 0) is 10.0 Å². The number of benzene rings is 3. The predicted octanol–water partition coefficient (Wildman–Crippen LogP) is 3.81. The molecule has 0 aliphatic carbocycles. The lowest BCUT2D eigenvalue weighted by molar-refractivity contribution is 0.102. The number of rotatable bonds is 6. The van der Waals surface area contributed by atoms with Gasteiger partial charge in [-0.3, -0.25) is 9.52 Å². The molecule has 0 saturated heterocycles. The van der Waals surface area contributed by atoms with Crippen molar-refractivity contribution < 1.29 is 13.2 Å². The van der Waals surface area contributed by atoms with E-state index in [-0.39, 0.29) is 16.4 Å². The Morgan fingerprint density at radius 3 is 1.96 bits per heavy atom. The summed E-state index contributed by atoms with van der Waals surface area (Å²) < 4.78 is 28.5. The van der Waals surface area contributed by atoms with Crippen LogP contribution in [-0.4, -0.2) is 28.4 Å². The highest BCUT2D eigenvalue weighted by Crippen LogP contribution is 2.27. The summed E-state index contributed by atoms with van der Waals surface area (Å²) in [5.41, 5.74) is 1.82. The molecule has 0 unspecified atom stereocenters. The molecule has 0 aliphatic heterocycles. The third kappa shape index (κ3) is 4.50. The average molecular weight is 395 g/mol. The molecule has 0 fully saturated rings. The summed E-state index contributed by atoms with van der Waals surface area (Å²) in [6, 6.07) is 22.2. The molecule has 0 atom stereocenters. The van der Waals surface area contributed by atoms with Crippen molar-refractivity contribution in [1.29, 1.82) is 0 Å². The van der Waals surface area contributed by atoms with Crippen molar-refractivity contribution >= 4 is 33.0 Å². The summed E-state index contributed by atoms with van der Waals surface area (Å²) in [6.07, 6.45) is 0.